The van der Waals surface area contributed by atoms with Crippen molar-refractivity contribution in [1.29, 1.82) is 0 Å². The second kappa shape index (κ2) is 7.22. The van der Waals surface area contributed by atoms with Crippen molar-refractivity contribution in [2.75, 3.05) is 7.11 Å². The third kappa shape index (κ3) is 4.29. The summed E-state index contributed by atoms with van der Waals surface area (Å²) in [5.41, 5.74) is 2.02. The monoisotopic (exact) mass is 304 g/mol. The summed E-state index contributed by atoms with van der Waals surface area (Å²) in [6, 6.07) is 7.70. The molecule has 0 aliphatic rings. The molecule has 0 radical (unpaired) electrons. The highest BCUT2D eigenvalue weighted by Crippen LogP contribution is 2.19. The molecule has 1 N–H and O–H groups in total. The molecule has 2 aromatic rings. The van der Waals surface area contributed by atoms with Crippen LogP contribution in [-0.2, 0) is 17.8 Å². The third-order valence-electron chi connectivity index (χ3n) is 3.25. The summed E-state index contributed by atoms with van der Waals surface area (Å²) in [5, 5.41) is 3.99. The molecule has 0 saturated heterocycles. The molecule has 1 heterocycles. The molecule has 0 atom stereocenters. The number of rotatable bonds is 6. The van der Waals surface area contributed by atoms with Crippen LogP contribution in [0.3, 0.4) is 0 Å². The van der Waals surface area contributed by atoms with Gasteiger partial charge in [-0.2, -0.15) is 0 Å². The van der Waals surface area contributed by atoms with Crippen molar-refractivity contribution in [3.05, 3.63) is 45.4 Å². The lowest BCUT2D eigenvalue weighted by molar-refractivity contribution is -0.121. The predicted molar refractivity (Wildman–Crippen MR) is 84.7 cm³/mol. The summed E-state index contributed by atoms with van der Waals surface area (Å²) in [5.74, 6) is 0.845. The lowest BCUT2D eigenvalue weighted by atomic mass is 10.2. The van der Waals surface area contributed by atoms with Crippen LogP contribution in [-0.4, -0.2) is 18.0 Å². The van der Waals surface area contributed by atoms with Crippen LogP contribution in [0.15, 0.2) is 24.3 Å². The van der Waals surface area contributed by atoms with Gasteiger partial charge in [0.2, 0.25) is 5.91 Å². The normalized spacial score (nSPS) is 10.4. The molecule has 1 aromatic heterocycles. The fourth-order valence-electron chi connectivity index (χ4n) is 2.16. The van der Waals surface area contributed by atoms with Gasteiger partial charge in [-0.1, -0.05) is 18.2 Å². The van der Waals surface area contributed by atoms with Gasteiger partial charge < -0.3 is 10.1 Å². The van der Waals surface area contributed by atoms with Crippen molar-refractivity contribution in [3.63, 3.8) is 0 Å². The van der Waals surface area contributed by atoms with Crippen molar-refractivity contribution in [2.45, 2.75) is 33.2 Å². The molecule has 0 fully saturated rings. The molecule has 2 rings (SSSR count). The number of benzene rings is 1. The van der Waals surface area contributed by atoms with Crippen LogP contribution >= 0.6 is 11.3 Å². The second-order valence-electron chi connectivity index (χ2n) is 4.83. The number of nitrogens with one attached hydrogen (secondary N) is 1. The summed E-state index contributed by atoms with van der Waals surface area (Å²) < 4.78 is 5.27. The zero-order valence-corrected chi connectivity index (χ0v) is 13.4. The molecule has 0 spiro atoms. The van der Waals surface area contributed by atoms with Gasteiger partial charge in [0.15, 0.2) is 0 Å². The maximum atomic E-state index is 11.9. The molecule has 0 saturated carbocycles. The molecule has 0 bridgehead atoms. The molecule has 0 aliphatic carbocycles. The van der Waals surface area contributed by atoms with Crippen molar-refractivity contribution < 1.29 is 9.53 Å². The van der Waals surface area contributed by atoms with E-state index in [1.807, 2.05) is 38.1 Å². The van der Waals surface area contributed by atoms with Crippen LogP contribution in [0, 0.1) is 13.8 Å². The molecular weight excluding hydrogens is 284 g/mol. The number of nitrogens with zero attached hydrogens (tertiary/aromatic N) is 1. The van der Waals surface area contributed by atoms with Gasteiger partial charge in [0.05, 0.1) is 17.8 Å². The van der Waals surface area contributed by atoms with E-state index < -0.39 is 0 Å². The average Bonchev–Trinajstić information content (AvgIpc) is 2.81. The van der Waals surface area contributed by atoms with E-state index in [-0.39, 0.29) is 5.91 Å². The van der Waals surface area contributed by atoms with Crippen molar-refractivity contribution in [2.24, 2.45) is 0 Å². The first-order chi connectivity index (χ1) is 10.1. The maximum absolute atomic E-state index is 11.9. The minimum absolute atomic E-state index is 0.0476. The van der Waals surface area contributed by atoms with E-state index in [4.69, 9.17) is 4.74 Å². The Morgan fingerprint density at radius 1 is 1.33 bits per heavy atom. The zero-order valence-electron chi connectivity index (χ0n) is 12.6. The highest BCUT2D eigenvalue weighted by Gasteiger charge is 2.09. The molecule has 1 amide bonds. The topological polar surface area (TPSA) is 51.2 Å². The van der Waals surface area contributed by atoms with Crippen molar-refractivity contribution >= 4 is 17.2 Å². The number of aryl methyl sites for hydroxylation is 3. The number of carbonyl (C=O) groups excluding carboxylic acids is 1. The summed E-state index contributed by atoms with van der Waals surface area (Å²) in [6.45, 7) is 4.47. The van der Waals surface area contributed by atoms with E-state index in [0.29, 0.717) is 13.0 Å². The van der Waals surface area contributed by atoms with Crippen molar-refractivity contribution in [3.8, 4) is 5.75 Å². The number of methoxy groups -OCH3 is 1. The first kappa shape index (κ1) is 15.5. The number of hydrogen-bond acceptors (Lipinski definition) is 4. The van der Waals surface area contributed by atoms with Crippen LogP contribution in [0.2, 0.25) is 0 Å². The fourth-order valence-corrected chi connectivity index (χ4v) is 3.10. The summed E-state index contributed by atoms with van der Waals surface area (Å²) in [7, 11) is 1.63. The van der Waals surface area contributed by atoms with Crippen LogP contribution in [0.1, 0.15) is 27.6 Å². The van der Waals surface area contributed by atoms with E-state index in [9.17, 15) is 4.79 Å². The average molecular weight is 304 g/mol. The number of aromatic nitrogens is 1. The summed E-state index contributed by atoms with van der Waals surface area (Å²) in [6.07, 6.45) is 1.23. The predicted octanol–water partition coefficient (Wildman–Crippen LogP) is 3.02. The van der Waals surface area contributed by atoms with E-state index in [1.54, 1.807) is 18.4 Å². The number of para-hydroxylation sites is 1. The Morgan fingerprint density at radius 3 is 2.76 bits per heavy atom. The number of amides is 1. The van der Waals surface area contributed by atoms with Gasteiger partial charge >= 0.3 is 0 Å². The van der Waals surface area contributed by atoms with Crippen molar-refractivity contribution in [1.82, 2.24) is 10.3 Å². The Kier molecular flexibility index (Phi) is 5.33. The van der Waals surface area contributed by atoms with E-state index in [2.05, 4.69) is 10.3 Å². The van der Waals surface area contributed by atoms with Crippen LogP contribution < -0.4 is 10.1 Å². The van der Waals surface area contributed by atoms with Crippen LogP contribution in [0.4, 0.5) is 0 Å². The molecule has 112 valence electrons. The van der Waals surface area contributed by atoms with Gasteiger partial charge in [-0.3, -0.25) is 4.79 Å². The van der Waals surface area contributed by atoms with Gasteiger partial charge in [-0.05, 0) is 26.3 Å². The van der Waals surface area contributed by atoms with Crippen LogP contribution in [0.25, 0.3) is 0 Å². The minimum atomic E-state index is 0.0476. The number of ether oxygens (including phenoxy) is 1. The smallest absolute Gasteiger partial charge is 0.220 e. The number of thiazole rings is 1. The molecule has 21 heavy (non-hydrogen) atoms. The minimum Gasteiger partial charge on any atom is -0.496 e. The standard InChI is InChI=1S/C16H20N2O2S/c1-11-15(21-12(2)18-11)8-9-16(19)17-10-13-6-4-5-7-14(13)20-3/h4-7H,8-10H2,1-3H3,(H,17,19). The van der Waals surface area contributed by atoms with Gasteiger partial charge in [0, 0.05) is 23.4 Å². The Labute approximate surface area is 129 Å². The first-order valence-electron chi connectivity index (χ1n) is 6.91. The Balaban J connectivity index is 1.84. The molecule has 4 nitrogen and oxygen atoms in total. The first-order valence-corrected chi connectivity index (χ1v) is 7.73. The highest BCUT2D eigenvalue weighted by atomic mass is 32.1. The molecule has 0 aliphatic heterocycles. The number of hydrogen-bond donors (Lipinski definition) is 1. The quantitative estimate of drug-likeness (QED) is 0.892. The zero-order chi connectivity index (χ0) is 15.2. The fraction of sp³-hybridized carbons (Fsp3) is 0.375. The van der Waals surface area contributed by atoms with Gasteiger partial charge in [-0.15, -0.1) is 11.3 Å². The second-order valence-corrected chi connectivity index (χ2v) is 6.12. The van der Waals surface area contributed by atoms with E-state index in [0.717, 1.165) is 28.4 Å². The SMILES string of the molecule is COc1ccccc1CNC(=O)CCc1sc(C)nc1C. The summed E-state index contributed by atoms with van der Waals surface area (Å²) in [4.78, 5) is 17.5. The largest absolute Gasteiger partial charge is 0.496 e. The molecule has 5 heteroatoms. The highest BCUT2D eigenvalue weighted by molar-refractivity contribution is 7.11. The lowest BCUT2D eigenvalue weighted by Crippen LogP contribution is -2.23. The Bertz CT molecular complexity index is 622. The van der Waals surface area contributed by atoms with Gasteiger partial charge in [-0.25, -0.2) is 4.98 Å². The van der Waals surface area contributed by atoms with Gasteiger partial charge in [0.1, 0.15) is 5.75 Å². The lowest BCUT2D eigenvalue weighted by Gasteiger charge is -2.09. The summed E-state index contributed by atoms with van der Waals surface area (Å²) >= 11 is 1.67. The van der Waals surface area contributed by atoms with Crippen LogP contribution in [0.5, 0.6) is 5.75 Å². The third-order valence-corrected chi connectivity index (χ3v) is 4.38. The van der Waals surface area contributed by atoms with E-state index >= 15 is 0 Å². The molecule has 1 aromatic carbocycles. The number of carbonyl (C=O) groups is 1. The molecular formula is C16H20N2O2S. The molecule has 0 unspecified atom stereocenters. The Morgan fingerprint density at radius 2 is 2.10 bits per heavy atom. The van der Waals surface area contributed by atoms with E-state index in [1.165, 1.54) is 4.88 Å². The van der Waals surface area contributed by atoms with Gasteiger partial charge in [0.25, 0.3) is 0 Å². The Hall–Kier alpha value is -1.88. The maximum Gasteiger partial charge on any atom is 0.220 e.